The molecule has 2 aliphatic rings. The number of carbonyl (C=O) groups excluding carboxylic acids is 1. The molecule has 0 saturated carbocycles. The Hall–Kier alpha value is -2.06. The number of ether oxygens (including phenoxy) is 2. The molecule has 0 spiro atoms. The van der Waals surface area contributed by atoms with E-state index in [2.05, 4.69) is 31.8 Å². The van der Waals surface area contributed by atoms with Gasteiger partial charge in [-0.05, 0) is 12.5 Å². The molecule has 0 bridgehead atoms. The fraction of sp³-hybridized carbons (Fsp3) is 0.500. The van der Waals surface area contributed by atoms with E-state index in [1.165, 1.54) is 17.3 Å². The monoisotopic (exact) mass is 374 g/mol. The van der Waals surface area contributed by atoms with E-state index in [1.807, 2.05) is 25.1 Å². The molecule has 7 nitrogen and oxygen atoms in total. The van der Waals surface area contributed by atoms with Crippen molar-refractivity contribution in [1.29, 1.82) is 0 Å². The Bertz CT molecular complexity index is 761. The van der Waals surface area contributed by atoms with Gasteiger partial charge in [0.1, 0.15) is 11.4 Å². The summed E-state index contributed by atoms with van der Waals surface area (Å²) in [6.45, 7) is 5.55. The third kappa shape index (κ3) is 3.71. The topological polar surface area (TPSA) is 69.5 Å². The maximum Gasteiger partial charge on any atom is 0.319 e. The highest BCUT2D eigenvalue weighted by Crippen LogP contribution is 2.33. The number of nitrogens with zero attached hydrogens (tertiary/aromatic N) is 4. The van der Waals surface area contributed by atoms with Gasteiger partial charge in [0, 0.05) is 19.5 Å². The van der Waals surface area contributed by atoms with Crippen molar-refractivity contribution in [3.63, 3.8) is 0 Å². The molecule has 2 aromatic rings. The lowest BCUT2D eigenvalue weighted by atomic mass is 10.2. The first-order valence-corrected chi connectivity index (χ1v) is 9.75. The van der Waals surface area contributed by atoms with Gasteiger partial charge in [-0.2, -0.15) is 0 Å². The summed E-state index contributed by atoms with van der Waals surface area (Å²) >= 11 is 1.45. The predicted molar refractivity (Wildman–Crippen MR) is 98.4 cm³/mol. The zero-order valence-corrected chi connectivity index (χ0v) is 15.5. The lowest BCUT2D eigenvalue weighted by Crippen LogP contribution is -2.38. The number of hydrogen-bond acceptors (Lipinski definition) is 7. The Morgan fingerprint density at radius 2 is 1.96 bits per heavy atom. The van der Waals surface area contributed by atoms with Crippen LogP contribution in [0.25, 0.3) is 0 Å². The number of morpholine rings is 1. The number of benzene rings is 1. The number of anilines is 1. The summed E-state index contributed by atoms with van der Waals surface area (Å²) in [5.74, 6) is 0.670. The Labute approximate surface area is 156 Å². The van der Waals surface area contributed by atoms with Crippen LogP contribution in [0.2, 0.25) is 0 Å². The zero-order valence-electron chi connectivity index (χ0n) is 14.7. The first-order valence-electron chi connectivity index (χ1n) is 8.87. The van der Waals surface area contributed by atoms with Gasteiger partial charge < -0.3 is 14.4 Å². The smallest absolute Gasteiger partial charge is 0.319 e. The normalized spacial score (nSPS) is 23.3. The minimum absolute atomic E-state index is 0.0378. The van der Waals surface area contributed by atoms with Crippen molar-refractivity contribution >= 4 is 23.7 Å². The van der Waals surface area contributed by atoms with E-state index in [9.17, 15) is 4.79 Å². The lowest BCUT2D eigenvalue weighted by molar-refractivity contribution is -0.140. The molecule has 0 N–H and O–H groups in total. The maximum absolute atomic E-state index is 12.0. The molecule has 2 fully saturated rings. The van der Waals surface area contributed by atoms with Gasteiger partial charge in [-0.1, -0.05) is 42.1 Å². The van der Waals surface area contributed by atoms with Crippen LogP contribution in [0.15, 0.2) is 35.5 Å². The van der Waals surface area contributed by atoms with E-state index in [0.717, 1.165) is 24.2 Å². The third-order valence-electron chi connectivity index (χ3n) is 4.55. The third-order valence-corrected chi connectivity index (χ3v) is 5.73. The Morgan fingerprint density at radius 3 is 2.65 bits per heavy atom. The molecule has 1 aromatic carbocycles. The highest BCUT2D eigenvalue weighted by molar-refractivity contribution is 8.00. The van der Waals surface area contributed by atoms with E-state index in [4.69, 9.17) is 9.47 Å². The fourth-order valence-electron chi connectivity index (χ4n) is 3.21. The van der Waals surface area contributed by atoms with Crippen LogP contribution in [-0.2, 0) is 20.8 Å². The van der Waals surface area contributed by atoms with Crippen LogP contribution in [-0.4, -0.2) is 58.4 Å². The van der Waals surface area contributed by atoms with Crippen molar-refractivity contribution in [2.24, 2.45) is 0 Å². The van der Waals surface area contributed by atoms with Crippen LogP contribution < -0.4 is 4.90 Å². The summed E-state index contributed by atoms with van der Waals surface area (Å²) < 4.78 is 12.8. The number of thioether (sulfide) groups is 1. The van der Waals surface area contributed by atoms with Crippen LogP contribution in [0.5, 0.6) is 0 Å². The summed E-state index contributed by atoms with van der Waals surface area (Å²) in [6.07, 6.45) is 0.665. The lowest BCUT2D eigenvalue weighted by Gasteiger charge is -2.28. The molecule has 2 atom stereocenters. The first-order chi connectivity index (χ1) is 12.7. The largest absolute Gasteiger partial charge is 0.462 e. The quantitative estimate of drug-likeness (QED) is 0.741. The Morgan fingerprint density at radius 1 is 1.19 bits per heavy atom. The van der Waals surface area contributed by atoms with Crippen molar-refractivity contribution in [3.8, 4) is 0 Å². The maximum atomic E-state index is 12.0. The van der Waals surface area contributed by atoms with E-state index in [1.54, 1.807) is 0 Å². The molecule has 3 heterocycles. The van der Waals surface area contributed by atoms with Crippen molar-refractivity contribution in [3.05, 3.63) is 35.9 Å². The van der Waals surface area contributed by atoms with Gasteiger partial charge in [-0.25, -0.2) is 0 Å². The summed E-state index contributed by atoms with van der Waals surface area (Å²) in [6, 6.07) is 10.2. The fourth-order valence-corrected chi connectivity index (χ4v) is 4.35. The molecule has 26 heavy (non-hydrogen) atoms. The number of hydrogen-bond donors (Lipinski definition) is 0. The second-order valence-corrected chi connectivity index (χ2v) is 7.71. The minimum Gasteiger partial charge on any atom is -0.462 e. The molecule has 0 radical (unpaired) electrons. The van der Waals surface area contributed by atoms with E-state index in [-0.39, 0.29) is 17.3 Å². The van der Waals surface area contributed by atoms with Gasteiger partial charge in [-0.15, -0.1) is 10.2 Å². The van der Waals surface area contributed by atoms with Crippen molar-refractivity contribution in [2.45, 2.75) is 36.4 Å². The number of esters is 1. The molecule has 2 saturated heterocycles. The molecule has 138 valence electrons. The SMILES string of the molecule is C[C@@H]1C[C@@H](Sc2nnc(N3CCOCC3)n2Cc2ccccc2)C(=O)O1. The zero-order chi connectivity index (χ0) is 17.9. The number of carbonyl (C=O) groups is 1. The van der Waals surface area contributed by atoms with Gasteiger partial charge in [0.2, 0.25) is 5.95 Å². The standard InChI is InChI=1S/C18H22N4O3S/c1-13-11-15(16(23)25-13)26-18-20-19-17(21-7-9-24-10-8-21)22(18)12-14-5-3-2-4-6-14/h2-6,13,15H,7-12H2,1H3/t13-,15-/m1/s1. The van der Waals surface area contributed by atoms with Crippen LogP contribution in [0, 0.1) is 0 Å². The van der Waals surface area contributed by atoms with Gasteiger partial charge in [-0.3, -0.25) is 9.36 Å². The van der Waals surface area contributed by atoms with E-state index >= 15 is 0 Å². The molecular weight excluding hydrogens is 352 g/mol. The van der Waals surface area contributed by atoms with Gasteiger partial charge in [0.25, 0.3) is 0 Å². The first kappa shape index (κ1) is 17.4. The summed E-state index contributed by atoms with van der Waals surface area (Å²) in [4.78, 5) is 14.2. The van der Waals surface area contributed by atoms with E-state index in [0.29, 0.717) is 26.2 Å². The average molecular weight is 374 g/mol. The average Bonchev–Trinajstić information content (AvgIpc) is 3.19. The molecule has 0 unspecified atom stereocenters. The molecule has 4 rings (SSSR count). The highest BCUT2D eigenvalue weighted by atomic mass is 32.2. The second-order valence-electron chi connectivity index (χ2n) is 6.54. The summed E-state index contributed by atoms with van der Waals surface area (Å²) in [7, 11) is 0. The highest BCUT2D eigenvalue weighted by Gasteiger charge is 2.34. The van der Waals surface area contributed by atoms with Crippen molar-refractivity contribution < 1.29 is 14.3 Å². The van der Waals surface area contributed by atoms with E-state index < -0.39 is 0 Å². The molecule has 0 aliphatic carbocycles. The molecule has 2 aliphatic heterocycles. The van der Waals surface area contributed by atoms with Crippen LogP contribution in [0.3, 0.4) is 0 Å². The van der Waals surface area contributed by atoms with Crippen molar-refractivity contribution in [2.75, 3.05) is 31.2 Å². The Kier molecular flexibility index (Phi) is 5.12. The number of cyclic esters (lactones) is 1. The van der Waals surface area contributed by atoms with Gasteiger partial charge in [0.05, 0.1) is 19.8 Å². The van der Waals surface area contributed by atoms with Crippen LogP contribution in [0.4, 0.5) is 5.95 Å². The molecular formula is C18H22N4O3S. The van der Waals surface area contributed by atoms with Gasteiger partial charge in [0.15, 0.2) is 5.16 Å². The number of rotatable bonds is 5. The molecule has 0 amide bonds. The Balaban J connectivity index is 1.62. The number of aromatic nitrogens is 3. The summed E-state index contributed by atoms with van der Waals surface area (Å²) in [5, 5.41) is 9.36. The predicted octanol–water partition coefficient (Wildman–Crippen LogP) is 1.96. The molecule has 1 aromatic heterocycles. The second kappa shape index (κ2) is 7.67. The summed E-state index contributed by atoms with van der Waals surface area (Å²) in [5.41, 5.74) is 1.17. The van der Waals surface area contributed by atoms with Crippen LogP contribution in [0.1, 0.15) is 18.9 Å². The minimum atomic E-state index is -0.221. The van der Waals surface area contributed by atoms with Crippen molar-refractivity contribution in [1.82, 2.24) is 14.8 Å². The van der Waals surface area contributed by atoms with Gasteiger partial charge >= 0.3 is 5.97 Å². The molecule has 8 heteroatoms. The van der Waals surface area contributed by atoms with Crippen LogP contribution >= 0.6 is 11.8 Å².